The Hall–Kier alpha value is -2.36. The molecule has 3 heteroatoms. The van der Waals surface area contributed by atoms with Crippen molar-refractivity contribution in [2.45, 2.75) is 19.6 Å². The Morgan fingerprint density at radius 1 is 0.560 bits per heavy atom. The lowest BCUT2D eigenvalue weighted by Gasteiger charge is -2.18. The predicted octanol–water partition coefficient (Wildman–Crippen LogP) is 7.09. The second-order valence-electron chi connectivity index (χ2n) is 6.33. The zero-order valence-corrected chi connectivity index (χ0v) is 14.9. The van der Waals surface area contributed by atoms with Crippen molar-refractivity contribution in [1.29, 1.82) is 0 Å². The molecule has 2 heterocycles. The fraction of sp³-hybridized carbons (Fsp3) is 0. The standard InChI is InChI=1S/C22H13NS2/c1-2-6-14-13(5-1)9-10-15-16-11-20-21(12-17(16)23-22(14)15)25-19-8-4-3-7-18(19)24-20/h1-12,23H. The highest BCUT2D eigenvalue weighted by Crippen LogP contribution is 2.50. The van der Waals surface area contributed by atoms with Crippen LogP contribution in [0.4, 0.5) is 0 Å². The summed E-state index contributed by atoms with van der Waals surface area (Å²) in [5.74, 6) is 0. The lowest BCUT2D eigenvalue weighted by atomic mass is 10.1. The van der Waals surface area contributed by atoms with Crippen LogP contribution in [0.3, 0.4) is 0 Å². The maximum atomic E-state index is 3.67. The molecule has 25 heavy (non-hydrogen) atoms. The highest BCUT2D eigenvalue weighted by Gasteiger charge is 2.19. The Bertz CT molecular complexity index is 1300. The van der Waals surface area contributed by atoms with Crippen LogP contribution in [0.2, 0.25) is 0 Å². The minimum atomic E-state index is 1.22. The van der Waals surface area contributed by atoms with Crippen molar-refractivity contribution >= 4 is 56.1 Å². The van der Waals surface area contributed by atoms with Gasteiger partial charge in [-0.3, -0.25) is 0 Å². The molecule has 5 aromatic rings. The molecule has 1 aromatic heterocycles. The van der Waals surface area contributed by atoms with Gasteiger partial charge >= 0.3 is 0 Å². The summed E-state index contributed by atoms with van der Waals surface area (Å²) >= 11 is 3.75. The maximum absolute atomic E-state index is 3.67. The highest BCUT2D eigenvalue weighted by molar-refractivity contribution is 8.05. The second-order valence-corrected chi connectivity index (χ2v) is 8.50. The van der Waals surface area contributed by atoms with E-state index >= 15 is 0 Å². The van der Waals surface area contributed by atoms with Crippen LogP contribution in [0.1, 0.15) is 0 Å². The third kappa shape index (κ3) is 2.00. The predicted molar refractivity (Wildman–Crippen MR) is 108 cm³/mol. The number of H-pyrrole nitrogens is 1. The first-order valence-corrected chi connectivity index (χ1v) is 9.92. The van der Waals surface area contributed by atoms with Crippen LogP contribution in [0.5, 0.6) is 0 Å². The smallest absolute Gasteiger partial charge is 0.0544 e. The van der Waals surface area contributed by atoms with Gasteiger partial charge in [-0.2, -0.15) is 0 Å². The third-order valence-electron chi connectivity index (χ3n) is 4.85. The number of aromatic amines is 1. The molecule has 1 aliphatic heterocycles. The largest absolute Gasteiger partial charge is 0.354 e. The number of rotatable bonds is 0. The van der Waals surface area contributed by atoms with E-state index in [1.54, 1.807) is 0 Å². The Kier molecular flexibility index (Phi) is 2.81. The minimum absolute atomic E-state index is 1.22. The molecule has 1 nitrogen and oxygen atoms in total. The number of hydrogen-bond acceptors (Lipinski definition) is 2. The van der Waals surface area contributed by atoms with E-state index in [2.05, 4.69) is 77.8 Å². The average molecular weight is 355 g/mol. The molecule has 0 amide bonds. The maximum Gasteiger partial charge on any atom is 0.0544 e. The van der Waals surface area contributed by atoms with Gasteiger partial charge in [-0.15, -0.1) is 0 Å². The van der Waals surface area contributed by atoms with Crippen molar-refractivity contribution in [2.24, 2.45) is 0 Å². The molecule has 118 valence electrons. The molecular weight excluding hydrogens is 342 g/mol. The van der Waals surface area contributed by atoms with Crippen LogP contribution < -0.4 is 0 Å². The first-order valence-electron chi connectivity index (χ1n) is 8.29. The number of aromatic nitrogens is 1. The van der Waals surface area contributed by atoms with Crippen molar-refractivity contribution < 1.29 is 0 Å². The van der Waals surface area contributed by atoms with Gasteiger partial charge < -0.3 is 4.98 Å². The summed E-state index contributed by atoms with van der Waals surface area (Å²) in [5.41, 5.74) is 2.46. The quantitative estimate of drug-likeness (QED) is 0.313. The highest BCUT2D eigenvalue weighted by atomic mass is 32.2. The number of nitrogens with one attached hydrogen (secondary N) is 1. The molecule has 0 spiro atoms. The van der Waals surface area contributed by atoms with E-state index in [0.29, 0.717) is 0 Å². The molecule has 1 aliphatic rings. The number of hydrogen-bond donors (Lipinski definition) is 1. The zero-order valence-electron chi connectivity index (χ0n) is 13.2. The molecule has 0 radical (unpaired) electrons. The Morgan fingerprint density at radius 3 is 2.12 bits per heavy atom. The molecule has 0 unspecified atom stereocenters. The van der Waals surface area contributed by atoms with Gasteiger partial charge in [0.25, 0.3) is 0 Å². The van der Waals surface area contributed by atoms with Crippen molar-refractivity contribution in [2.75, 3.05) is 0 Å². The van der Waals surface area contributed by atoms with Gasteiger partial charge in [-0.1, -0.05) is 72.1 Å². The topological polar surface area (TPSA) is 15.8 Å². The first-order chi connectivity index (χ1) is 12.4. The lowest BCUT2D eigenvalue weighted by Crippen LogP contribution is -1.88. The normalized spacial score (nSPS) is 13.3. The molecule has 0 aliphatic carbocycles. The van der Waals surface area contributed by atoms with Gasteiger partial charge in [0.2, 0.25) is 0 Å². The fourth-order valence-electron chi connectivity index (χ4n) is 3.67. The molecular formula is C22H13NS2. The van der Waals surface area contributed by atoms with Gasteiger partial charge in [0.15, 0.2) is 0 Å². The summed E-state index contributed by atoms with van der Waals surface area (Å²) in [6.45, 7) is 0. The summed E-state index contributed by atoms with van der Waals surface area (Å²) < 4.78 is 0. The van der Waals surface area contributed by atoms with Crippen LogP contribution in [-0.4, -0.2) is 4.98 Å². The Balaban J connectivity index is 1.66. The van der Waals surface area contributed by atoms with E-state index in [-0.39, 0.29) is 0 Å². The minimum Gasteiger partial charge on any atom is -0.354 e. The molecule has 0 saturated carbocycles. The third-order valence-corrected chi connectivity index (χ3v) is 7.38. The van der Waals surface area contributed by atoms with Crippen molar-refractivity contribution in [3.05, 3.63) is 72.8 Å². The fourth-order valence-corrected chi connectivity index (χ4v) is 5.94. The average Bonchev–Trinajstić information content (AvgIpc) is 3.02. The molecule has 4 aromatic carbocycles. The second kappa shape index (κ2) is 5.07. The molecule has 1 N–H and O–H groups in total. The first kappa shape index (κ1) is 13.9. The van der Waals surface area contributed by atoms with Crippen LogP contribution in [0.15, 0.2) is 92.4 Å². The summed E-state index contributed by atoms with van der Waals surface area (Å²) in [5, 5.41) is 5.19. The summed E-state index contributed by atoms with van der Waals surface area (Å²) in [7, 11) is 0. The van der Waals surface area contributed by atoms with Crippen LogP contribution in [0.25, 0.3) is 32.6 Å². The van der Waals surface area contributed by atoms with Crippen LogP contribution >= 0.6 is 23.5 Å². The molecule has 6 rings (SSSR count). The van der Waals surface area contributed by atoms with Crippen LogP contribution in [0, 0.1) is 0 Å². The summed E-state index contributed by atoms with van der Waals surface area (Å²) in [4.78, 5) is 9.06. The summed E-state index contributed by atoms with van der Waals surface area (Å²) in [6.07, 6.45) is 0. The summed E-state index contributed by atoms with van der Waals surface area (Å²) in [6, 6.07) is 26.4. The molecule has 0 fully saturated rings. The molecule has 0 atom stereocenters. The monoisotopic (exact) mass is 355 g/mol. The van der Waals surface area contributed by atoms with Crippen molar-refractivity contribution in [1.82, 2.24) is 4.98 Å². The molecule has 0 saturated heterocycles. The van der Waals surface area contributed by atoms with Gasteiger partial charge in [0.05, 0.1) is 5.52 Å². The number of benzene rings is 4. The van der Waals surface area contributed by atoms with Crippen LogP contribution in [-0.2, 0) is 0 Å². The van der Waals surface area contributed by atoms with Gasteiger partial charge in [0, 0.05) is 41.3 Å². The van der Waals surface area contributed by atoms with E-state index in [9.17, 15) is 0 Å². The Morgan fingerprint density at radius 2 is 1.28 bits per heavy atom. The SMILES string of the molecule is c1ccc2c(c1)Sc1cc3[nH]c4c5ccccc5ccc4c3cc1S2. The van der Waals surface area contributed by atoms with E-state index in [1.807, 2.05) is 23.5 Å². The van der Waals surface area contributed by atoms with Gasteiger partial charge in [-0.25, -0.2) is 0 Å². The van der Waals surface area contributed by atoms with E-state index in [0.717, 1.165) is 0 Å². The molecule has 0 bridgehead atoms. The number of fused-ring (bicyclic) bond motifs is 7. The Labute approximate surface area is 153 Å². The zero-order chi connectivity index (χ0) is 16.4. The van der Waals surface area contributed by atoms with E-state index in [1.165, 1.54) is 52.2 Å². The van der Waals surface area contributed by atoms with E-state index in [4.69, 9.17) is 0 Å². The van der Waals surface area contributed by atoms with Gasteiger partial charge in [0.1, 0.15) is 0 Å². The lowest BCUT2D eigenvalue weighted by molar-refractivity contribution is 1.17. The van der Waals surface area contributed by atoms with Crippen molar-refractivity contribution in [3.8, 4) is 0 Å². The van der Waals surface area contributed by atoms with Crippen molar-refractivity contribution in [3.63, 3.8) is 0 Å². The van der Waals surface area contributed by atoms with Gasteiger partial charge in [-0.05, 0) is 29.7 Å². The van der Waals surface area contributed by atoms with E-state index < -0.39 is 0 Å².